The molecule has 1 unspecified atom stereocenters. The van der Waals surface area contributed by atoms with Crippen molar-refractivity contribution >= 4 is 21.6 Å². The van der Waals surface area contributed by atoms with Crippen molar-refractivity contribution < 1.29 is 17.9 Å². The van der Waals surface area contributed by atoms with Gasteiger partial charge in [0.1, 0.15) is 6.10 Å². The van der Waals surface area contributed by atoms with Gasteiger partial charge in [0.25, 0.3) is 11.5 Å². The standard InChI is InChI=1S/C22H23N5O5S/c1-23-33(30,31)18-6-4-17(5-7-18)27-14-15(2-9-21(27)28)22(29)26-16-3-8-19(25-12-16)20-13-24-10-11-32-20/h2-9,12,14,20,23-24H,10-11,13H2,1H3,(H,26,29). The highest BCUT2D eigenvalue weighted by molar-refractivity contribution is 7.89. The van der Waals surface area contributed by atoms with Crippen LogP contribution < -0.4 is 20.9 Å². The molecule has 1 saturated heterocycles. The molecule has 1 aromatic carbocycles. The predicted molar refractivity (Wildman–Crippen MR) is 122 cm³/mol. The number of hydrogen-bond donors (Lipinski definition) is 3. The number of morpholine rings is 1. The second-order valence-corrected chi connectivity index (χ2v) is 9.20. The van der Waals surface area contributed by atoms with Crippen LogP contribution in [0.1, 0.15) is 22.2 Å². The molecule has 172 valence electrons. The Kier molecular flexibility index (Phi) is 6.65. The van der Waals surface area contributed by atoms with Crippen LogP contribution in [0, 0.1) is 0 Å². The molecule has 1 aliphatic heterocycles. The Morgan fingerprint density at radius 3 is 2.58 bits per heavy atom. The number of hydrogen-bond acceptors (Lipinski definition) is 7. The van der Waals surface area contributed by atoms with Crippen molar-refractivity contribution in [2.24, 2.45) is 0 Å². The monoisotopic (exact) mass is 469 g/mol. The van der Waals surface area contributed by atoms with Crippen LogP contribution in [0.15, 0.2) is 70.6 Å². The van der Waals surface area contributed by atoms with Gasteiger partial charge in [-0.05, 0) is 49.5 Å². The number of pyridine rings is 2. The molecule has 3 N–H and O–H groups in total. The Bertz CT molecular complexity index is 1300. The molecule has 1 aliphatic rings. The Labute approximate surface area is 190 Å². The fourth-order valence-electron chi connectivity index (χ4n) is 3.36. The van der Waals surface area contributed by atoms with E-state index in [9.17, 15) is 18.0 Å². The summed E-state index contributed by atoms with van der Waals surface area (Å²) in [4.78, 5) is 29.5. The number of nitrogens with one attached hydrogen (secondary N) is 3. The minimum Gasteiger partial charge on any atom is -0.369 e. The summed E-state index contributed by atoms with van der Waals surface area (Å²) < 4.78 is 33.0. The minimum atomic E-state index is -3.59. The number of rotatable bonds is 6. The Balaban J connectivity index is 1.51. The smallest absolute Gasteiger partial charge is 0.257 e. The maximum atomic E-state index is 12.7. The maximum Gasteiger partial charge on any atom is 0.257 e. The maximum absolute atomic E-state index is 12.7. The van der Waals surface area contributed by atoms with Crippen LogP contribution >= 0.6 is 0 Å². The van der Waals surface area contributed by atoms with Gasteiger partial charge in [0.05, 0.1) is 34.6 Å². The molecule has 11 heteroatoms. The summed E-state index contributed by atoms with van der Waals surface area (Å²) in [6.45, 7) is 2.11. The van der Waals surface area contributed by atoms with Gasteiger partial charge in [0.15, 0.2) is 0 Å². The number of aromatic nitrogens is 2. The number of carbonyl (C=O) groups is 1. The molecule has 0 radical (unpaired) electrons. The summed E-state index contributed by atoms with van der Waals surface area (Å²) in [6, 6.07) is 12.0. The van der Waals surface area contributed by atoms with Crippen molar-refractivity contribution in [1.29, 1.82) is 0 Å². The van der Waals surface area contributed by atoms with Crippen molar-refractivity contribution in [3.05, 3.63) is 82.5 Å². The molecule has 0 bridgehead atoms. The zero-order valence-electron chi connectivity index (χ0n) is 17.8. The van der Waals surface area contributed by atoms with Gasteiger partial charge in [-0.15, -0.1) is 0 Å². The van der Waals surface area contributed by atoms with Crippen LogP contribution in [0.3, 0.4) is 0 Å². The van der Waals surface area contributed by atoms with Gasteiger partial charge >= 0.3 is 0 Å². The van der Waals surface area contributed by atoms with Crippen molar-refractivity contribution in [1.82, 2.24) is 19.6 Å². The molecule has 0 saturated carbocycles. The quantitative estimate of drug-likeness (QED) is 0.492. The first kappa shape index (κ1) is 22.8. The summed E-state index contributed by atoms with van der Waals surface area (Å²) >= 11 is 0. The highest BCUT2D eigenvalue weighted by Crippen LogP contribution is 2.18. The van der Waals surface area contributed by atoms with Gasteiger partial charge in [-0.25, -0.2) is 13.1 Å². The van der Waals surface area contributed by atoms with E-state index < -0.39 is 15.9 Å². The van der Waals surface area contributed by atoms with Crippen LogP contribution in [0.5, 0.6) is 0 Å². The highest BCUT2D eigenvalue weighted by atomic mass is 32.2. The summed E-state index contributed by atoms with van der Waals surface area (Å²) in [5.74, 6) is -0.414. The van der Waals surface area contributed by atoms with E-state index in [0.717, 1.165) is 12.2 Å². The first-order valence-corrected chi connectivity index (χ1v) is 11.7. The third-order valence-corrected chi connectivity index (χ3v) is 6.60. The lowest BCUT2D eigenvalue weighted by Crippen LogP contribution is -2.33. The van der Waals surface area contributed by atoms with Gasteiger partial charge in [0.2, 0.25) is 10.0 Å². The number of amides is 1. The molecule has 4 rings (SSSR count). The van der Waals surface area contributed by atoms with Gasteiger partial charge in [0, 0.05) is 31.0 Å². The largest absolute Gasteiger partial charge is 0.369 e. The van der Waals surface area contributed by atoms with Gasteiger partial charge in [-0.1, -0.05) is 0 Å². The molecular weight excluding hydrogens is 446 g/mol. The number of anilines is 1. The lowest BCUT2D eigenvalue weighted by Gasteiger charge is -2.23. The number of nitrogens with zero attached hydrogens (tertiary/aromatic N) is 2. The fourth-order valence-corrected chi connectivity index (χ4v) is 4.09. The summed E-state index contributed by atoms with van der Waals surface area (Å²) in [6.07, 6.45) is 2.84. The summed E-state index contributed by atoms with van der Waals surface area (Å²) in [5.41, 5.74) is 1.61. The third kappa shape index (κ3) is 5.17. The highest BCUT2D eigenvalue weighted by Gasteiger charge is 2.17. The molecule has 3 aromatic rings. The topological polar surface area (TPSA) is 131 Å². The molecule has 1 amide bonds. The zero-order valence-corrected chi connectivity index (χ0v) is 18.6. The van der Waals surface area contributed by atoms with E-state index >= 15 is 0 Å². The Morgan fingerprint density at radius 2 is 1.94 bits per heavy atom. The van der Waals surface area contributed by atoms with Crippen molar-refractivity contribution in [3.8, 4) is 5.69 Å². The zero-order chi connectivity index (χ0) is 23.4. The van der Waals surface area contributed by atoms with E-state index in [-0.39, 0.29) is 22.1 Å². The molecular formula is C22H23N5O5S. The summed E-state index contributed by atoms with van der Waals surface area (Å²) in [5, 5.41) is 6.01. The molecule has 0 aliphatic carbocycles. The second-order valence-electron chi connectivity index (χ2n) is 7.32. The number of benzene rings is 1. The van der Waals surface area contributed by atoms with Crippen LogP contribution in [-0.2, 0) is 14.8 Å². The average molecular weight is 470 g/mol. The first-order valence-electron chi connectivity index (χ1n) is 10.2. The average Bonchev–Trinajstić information content (AvgIpc) is 2.85. The lowest BCUT2D eigenvalue weighted by atomic mass is 10.2. The van der Waals surface area contributed by atoms with Crippen molar-refractivity contribution in [2.45, 2.75) is 11.0 Å². The van der Waals surface area contributed by atoms with Gasteiger partial charge in [-0.2, -0.15) is 0 Å². The Morgan fingerprint density at radius 1 is 1.15 bits per heavy atom. The van der Waals surface area contributed by atoms with Gasteiger partial charge in [-0.3, -0.25) is 19.1 Å². The second kappa shape index (κ2) is 9.63. The molecule has 1 fully saturated rings. The van der Waals surface area contributed by atoms with E-state index in [2.05, 4.69) is 20.3 Å². The molecule has 0 spiro atoms. The SMILES string of the molecule is CNS(=O)(=O)c1ccc(-n2cc(C(=O)Nc3ccc(C4CNCCO4)nc3)ccc2=O)cc1. The molecule has 1 atom stereocenters. The number of ether oxygens (including phenoxy) is 1. The van der Waals surface area contributed by atoms with Crippen LogP contribution in [0.4, 0.5) is 5.69 Å². The van der Waals surface area contributed by atoms with E-state index in [1.54, 1.807) is 18.3 Å². The van der Waals surface area contributed by atoms with E-state index in [0.29, 0.717) is 24.5 Å². The molecule has 3 heterocycles. The number of sulfonamides is 1. The number of carbonyl (C=O) groups excluding carboxylic acids is 1. The van der Waals surface area contributed by atoms with Gasteiger partial charge < -0.3 is 15.4 Å². The minimum absolute atomic E-state index is 0.0704. The van der Waals surface area contributed by atoms with Crippen molar-refractivity contribution in [2.75, 3.05) is 32.1 Å². The van der Waals surface area contributed by atoms with E-state index in [1.807, 2.05) is 0 Å². The fraction of sp³-hybridized carbons (Fsp3) is 0.227. The van der Waals surface area contributed by atoms with E-state index in [4.69, 9.17) is 4.74 Å². The van der Waals surface area contributed by atoms with Crippen molar-refractivity contribution in [3.63, 3.8) is 0 Å². The normalized spacial score (nSPS) is 16.3. The van der Waals surface area contributed by atoms with E-state index in [1.165, 1.54) is 54.2 Å². The molecule has 10 nitrogen and oxygen atoms in total. The Hall–Kier alpha value is -3.38. The van der Waals surface area contributed by atoms with Crippen LogP contribution in [0.2, 0.25) is 0 Å². The molecule has 33 heavy (non-hydrogen) atoms. The lowest BCUT2D eigenvalue weighted by molar-refractivity contribution is 0.0250. The first-order chi connectivity index (χ1) is 15.9. The van der Waals surface area contributed by atoms with Crippen LogP contribution in [0.25, 0.3) is 5.69 Å². The third-order valence-electron chi connectivity index (χ3n) is 5.17. The molecule has 2 aromatic heterocycles. The van der Waals surface area contributed by atoms with Crippen LogP contribution in [-0.4, -0.2) is 50.6 Å². The summed E-state index contributed by atoms with van der Waals surface area (Å²) in [7, 11) is -2.27. The predicted octanol–water partition coefficient (Wildman–Crippen LogP) is 1.05.